The van der Waals surface area contributed by atoms with E-state index in [1.807, 2.05) is 19.2 Å². The summed E-state index contributed by atoms with van der Waals surface area (Å²) in [5, 5.41) is 7.02. The SMILES string of the molecule is CCNc1cc(Nc2ccc(F)c(C)c2)nc(SC)n1. The molecule has 0 aliphatic carbocycles. The van der Waals surface area contributed by atoms with Gasteiger partial charge in [-0.05, 0) is 43.9 Å². The van der Waals surface area contributed by atoms with E-state index in [1.165, 1.54) is 17.8 Å². The Balaban J connectivity index is 2.27. The highest BCUT2D eigenvalue weighted by Crippen LogP contribution is 2.22. The first-order chi connectivity index (χ1) is 9.62. The van der Waals surface area contributed by atoms with E-state index in [2.05, 4.69) is 20.6 Å². The zero-order chi connectivity index (χ0) is 14.5. The summed E-state index contributed by atoms with van der Waals surface area (Å²) in [5.41, 5.74) is 1.40. The first-order valence-electron chi connectivity index (χ1n) is 6.32. The van der Waals surface area contributed by atoms with E-state index in [4.69, 9.17) is 0 Å². The summed E-state index contributed by atoms with van der Waals surface area (Å²) in [7, 11) is 0. The molecular weight excluding hydrogens is 275 g/mol. The smallest absolute Gasteiger partial charge is 0.191 e. The Hall–Kier alpha value is -1.82. The minimum Gasteiger partial charge on any atom is -0.370 e. The molecule has 0 unspecified atom stereocenters. The highest BCUT2D eigenvalue weighted by atomic mass is 32.2. The van der Waals surface area contributed by atoms with Gasteiger partial charge in [-0.3, -0.25) is 0 Å². The van der Waals surface area contributed by atoms with E-state index < -0.39 is 0 Å². The van der Waals surface area contributed by atoms with E-state index in [0.29, 0.717) is 16.5 Å². The van der Waals surface area contributed by atoms with Crippen LogP contribution in [0, 0.1) is 12.7 Å². The van der Waals surface area contributed by atoms with Crippen LogP contribution in [-0.2, 0) is 0 Å². The van der Waals surface area contributed by atoms with E-state index in [9.17, 15) is 4.39 Å². The summed E-state index contributed by atoms with van der Waals surface area (Å²) in [6.45, 7) is 4.54. The highest BCUT2D eigenvalue weighted by molar-refractivity contribution is 7.98. The fourth-order valence-corrected chi connectivity index (χ4v) is 2.10. The second-order valence-corrected chi connectivity index (χ2v) is 5.02. The van der Waals surface area contributed by atoms with Crippen molar-refractivity contribution in [3.05, 3.63) is 35.6 Å². The predicted molar refractivity (Wildman–Crippen MR) is 82.4 cm³/mol. The number of aromatic nitrogens is 2. The molecule has 20 heavy (non-hydrogen) atoms. The molecule has 0 aliphatic rings. The average Bonchev–Trinajstić information content (AvgIpc) is 2.43. The van der Waals surface area contributed by atoms with Gasteiger partial charge in [0.1, 0.15) is 17.5 Å². The van der Waals surface area contributed by atoms with Gasteiger partial charge in [0.2, 0.25) is 0 Å². The lowest BCUT2D eigenvalue weighted by molar-refractivity contribution is 0.619. The molecule has 1 heterocycles. The zero-order valence-corrected chi connectivity index (χ0v) is 12.5. The summed E-state index contributed by atoms with van der Waals surface area (Å²) in [5.74, 6) is 1.25. The number of halogens is 1. The van der Waals surface area contributed by atoms with Crippen molar-refractivity contribution in [1.29, 1.82) is 0 Å². The zero-order valence-electron chi connectivity index (χ0n) is 11.7. The summed E-state index contributed by atoms with van der Waals surface area (Å²) in [6.07, 6.45) is 1.93. The van der Waals surface area contributed by atoms with E-state index >= 15 is 0 Å². The molecule has 2 rings (SSSR count). The minimum absolute atomic E-state index is 0.212. The van der Waals surface area contributed by atoms with Crippen molar-refractivity contribution in [2.45, 2.75) is 19.0 Å². The molecule has 0 fully saturated rings. The van der Waals surface area contributed by atoms with Crippen molar-refractivity contribution >= 4 is 29.1 Å². The molecule has 0 saturated carbocycles. The van der Waals surface area contributed by atoms with Gasteiger partial charge in [-0.2, -0.15) is 0 Å². The lowest BCUT2D eigenvalue weighted by Crippen LogP contribution is -2.03. The maximum atomic E-state index is 13.3. The minimum atomic E-state index is -0.212. The summed E-state index contributed by atoms with van der Waals surface area (Å²) >= 11 is 1.48. The number of nitrogens with one attached hydrogen (secondary N) is 2. The van der Waals surface area contributed by atoms with Crippen LogP contribution in [0.5, 0.6) is 0 Å². The van der Waals surface area contributed by atoms with Crippen LogP contribution in [0.15, 0.2) is 29.4 Å². The molecule has 1 aromatic heterocycles. The molecule has 0 saturated heterocycles. The van der Waals surface area contributed by atoms with Gasteiger partial charge >= 0.3 is 0 Å². The quantitative estimate of drug-likeness (QED) is 0.648. The first kappa shape index (κ1) is 14.6. The highest BCUT2D eigenvalue weighted by Gasteiger charge is 2.05. The van der Waals surface area contributed by atoms with E-state index in [-0.39, 0.29) is 5.82 Å². The van der Waals surface area contributed by atoms with Crippen molar-refractivity contribution in [2.75, 3.05) is 23.4 Å². The number of nitrogens with zero attached hydrogens (tertiary/aromatic N) is 2. The molecule has 0 atom stereocenters. The Morgan fingerprint density at radius 2 is 1.95 bits per heavy atom. The van der Waals surface area contributed by atoms with Gasteiger partial charge in [0.15, 0.2) is 5.16 Å². The summed E-state index contributed by atoms with van der Waals surface area (Å²) < 4.78 is 13.3. The standard InChI is InChI=1S/C14H17FN4S/c1-4-16-12-8-13(19-14(18-12)20-3)17-10-5-6-11(15)9(2)7-10/h5-8H,4H2,1-3H3,(H2,16,17,18,19). The number of benzene rings is 1. The summed E-state index contributed by atoms with van der Waals surface area (Å²) in [6, 6.07) is 6.72. The third-order valence-electron chi connectivity index (χ3n) is 2.68. The van der Waals surface area contributed by atoms with Gasteiger partial charge in [-0.25, -0.2) is 14.4 Å². The van der Waals surface area contributed by atoms with Crippen LogP contribution in [0.2, 0.25) is 0 Å². The molecule has 4 nitrogen and oxygen atoms in total. The monoisotopic (exact) mass is 292 g/mol. The largest absolute Gasteiger partial charge is 0.370 e. The third kappa shape index (κ3) is 3.60. The molecule has 0 aliphatic heterocycles. The van der Waals surface area contributed by atoms with Gasteiger partial charge in [-0.15, -0.1) is 0 Å². The maximum absolute atomic E-state index is 13.3. The maximum Gasteiger partial charge on any atom is 0.191 e. The molecule has 1 aromatic carbocycles. The molecule has 2 N–H and O–H groups in total. The first-order valence-corrected chi connectivity index (χ1v) is 7.55. The number of hydrogen-bond acceptors (Lipinski definition) is 5. The van der Waals surface area contributed by atoms with Gasteiger partial charge < -0.3 is 10.6 Å². The number of aryl methyl sites for hydroxylation is 1. The molecule has 0 amide bonds. The molecule has 106 valence electrons. The average molecular weight is 292 g/mol. The Bertz CT molecular complexity index is 604. The van der Waals surface area contributed by atoms with E-state index in [0.717, 1.165) is 18.1 Å². The van der Waals surface area contributed by atoms with Crippen LogP contribution >= 0.6 is 11.8 Å². The van der Waals surface area contributed by atoms with Crippen LogP contribution < -0.4 is 10.6 Å². The number of anilines is 3. The van der Waals surface area contributed by atoms with Gasteiger partial charge in [0, 0.05) is 18.3 Å². The molecule has 2 aromatic rings. The Kier molecular flexibility index (Phi) is 4.79. The normalized spacial score (nSPS) is 10.4. The van der Waals surface area contributed by atoms with Crippen molar-refractivity contribution < 1.29 is 4.39 Å². The molecule has 0 spiro atoms. The van der Waals surface area contributed by atoms with Crippen LogP contribution in [0.4, 0.5) is 21.7 Å². The van der Waals surface area contributed by atoms with Crippen molar-refractivity contribution in [3.8, 4) is 0 Å². The Morgan fingerprint density at radius 3 is 2.60 bits per heavy atom. The molecular formula is C14H17FN4S. The van der Waals surface area contributed by atoms with Crippen molar-refractivity contribution in [3.63, 3.8) is 0 Å². The predicted octanol–water partition coefficient (Wildman–Crippen LogP) is 3.82. The fraction of sp³-hybridized carbons (Fsp3) is 0.286. The van der Waals surface area contributed by atoms with Crippen molar-refractivity contribution in [2.24, 2.45) is 0 Å². The fourth-order valence-electron chi connectivity index (χ4n) is 1.72. The van der Waals surface area contributed by atoms with E-state index in [1.54, 1.807) is 19.1 Å². The van der Waals surface area contributed by atoms with Crippen molar-refractivity contribution in [1.82, 2.24) is 9.97 Å². The van der Waals surface area contributed by atoms with Gasteiger partial charge in [-0.1, -0.05) is 11.8 Å². The van der Waals surface area contributed by atoms with Gasteiger partial charge in [0.25, 0.3) is 0 Å². The lowest BCUT2D eigenvalue weighted by Gasteiger charge is -2.10. The topological polar surface area (TPSA) is 49.8 Å². The van der Waals surface area contributed by atoms with Gasteiger partial charge in [0.05, 0.1) is 0 Å². The van der Waals surface area contributed by atoms with Crippen LogP contribution in [-0.4, -0.2) is 22.8 Å². The van der Waals surface area contributed by atoms with Crippen LogP contribution in [0.3, 0.4) is 0 Å². The summed E-state index contributed by atoms with van der Waals surface area (Å²) in [4.78, 5) is 8.74. The number of hydrogen-bond donors (Lipinski definition) is 2. The molecule has 0 radical (unpaired) electrons. The third-order valence-corrected chi connectivity index (χ3v) is 3.22. The lowest BCUT2D eigenvalue weighted by atomic mass is 10.2. The number of rotatable bonds is 5. The molecule has 6 heteroatoms. The van der Waals surface area contributed by atoms with Crippen LogP contribution in [0.1, 0.15) is 12.5 Å². The second-order valence-electron chi connectivity index (χ2n) is 4.24. The Labute approximate surface area is 122 Å². The van der Waals surface area contributed by atoms with Crippen LogP contribution in [0.25, 0.3) is 0 Å². The Morgan fingerprint density at radius 1 is 1.20 bits per heavy atom. The second kappa shape index (κ2) is 6.56. The molecule has 0 bridgehead atoms. The number of thioether (sulfide) groups is 1.